The van der Waals surface area contributed by atoms with Crippen LogP contribution in [0.15, 0.2) is 24.3 Å². The molecule has 1 aromatic rings. The first-order chi connectivity index (χ1) is 7.66. The van der Waals surface area contributed by atoms with E-state index < -0.39 is 0 Å². The van der Waals surface area contributed by atoms with E-state index in [-0.39, 0.29) is 0 Å². The van der Waals surface area contributed by atoms with E-state index in [1.54, 1.807) is 0 Å². The summed E-state index contributed by atoms with van der Waals surface area (Å²) < 4.78 is 0. The zero-order valence-corrected chi connectivity index (χ0v) is 10.5. The van der Waals surface area contributed by atoms with Crippen LogP contribution in [0.5, 0.6) is 0 Å². The molecule has 1 aliphatic heterocycles. The number of nitrogens with zero attached hydrogens (tertiary/aromatic N) is 1. The van der Waals surface area contributed by atoms with E-state index >= 15 is 0 Å². The van der Waals surface area contributed by atoms with Crippen molar-refractivity contribution in [3.05, 3.63) is 29.8 Å². The lowest BCUT2D eigenvalue weighted by molar-refractivity contribution is 0.455. The molecule has 88 valence electrons. The predicted octanol–water partition coefficient (Wildman–Crippen LogP) is 2.29. The summed E-state index contributed by atoms with van der Waals surface area (Å²) in [6, 6.07) is 8.79. The molecule has 1 heterocycles. The van der Waals surface area contributed by atoms with Crippen molar-refractivity contribution in [1.82, 2.24) is 5.32 Å². The van der Waals surface area contributed by atoms with Crippen LogP contribution < -0.4 is 10.2 Å². The number of rotatable bonds is 3. The number of nitrogens with one attached hydrogen (secondary N) is 1. The van der Waals surface area contributed by atoms with Gasteiger partial charge < -0.3 is 10.2 Å². The Bertz CT molecular complexity index is 331. The second-order valence-corrected chi connectivity index (χ2v) is 5.11. The Morgan fingerprint density at radius 3 is 2.50 bits per heavy atom. The molecule has 1 aromatic carbocycles. The molecule has 2 unspecified atom stereocenters. The van der Waals surface area contributed by atoms with Crippen molar-refractivity contribution in [2.75, 3.05) is 31.6 Å². The highest BCUT2D eigenvalue weighted by molar-refractivity contribution is 5.46. The molecule has 2 nitrogen and oxygen atoms in total. The molecule has 0 saturated carbocycles. The van der Waals surface area contributed by atoms with Gasteiger partial charge in [0.05, 0.1) is 0 Å². The first kappa shape index (κ1) is 11.5. The minimum atomic E-state index is 0.784. The first-order valence-electron chi connectivity index (χ1n) is 6.15. The molecule has 2 rings (SSSR count). The van der Waals surface area contributed by atoms with Gasteiger partial charge in [0.15, 0.2) is 0 Å². The molecule has 1 aliphatic rings. The second-order valence-electron chi connectivity index (χ2n) is 5.11. The number of hydrogen-bond acceptors (Lipinski definition) is 2. The fourth-order valence-electron chi connectivity index (χ4n) is 2.37. The Hall–Kier alpha value is -1.02. The van der Waals surface area contributed by atoms with Crippen LogP contribution in [-0.2, 0) is 0 Å². The lowest BCUT2D eigenvalue weighted by Crippen LogP contribution is -2.29. The second kappa shape index (κ2) is 4.88. The van der Waals surface area contributed by atoms with Gasteiger partial charge in [-0.2, -0.15) is 0 Å². The fraction of sp³-hybridized carbons (Fsp3) is 0.571. The van der Waals surface area contributed by atoms with Gasteiger partial charge in [0.2, 0.25) is 0 Å². The summed E-state index contributed by atoms with van der Waals surface area (Å²) in [6.07, 6.45) is 0. The van der Waals surface area contributed by atoms with Crippen molar-refractivity contribution < 1.29 is 0 Å². The van der Waals surface area contributed by atoms with Crippen molar-refractivity contribution in [1.29, 1.82) is 0 Å². The summed E-state index contributed by atoms with van der Waals surface area (Å²) in [5.74, 6) is 1.58. The van der Waals surface area contributed by atoms with Crippen molar-refractivity contribution in [3.8, 4) is 0 Å². The number of anilines is 1. The van der Waals surface area contributed by atoms with Crippen molar-refractivity contribution in [2.24, 2.45) is 11.8 Å². The zero-order chi connectivity index (χ0) is 11.5. The van der Waals surface area contributed by atoms with Crippen LogP contribution in [0.25, 0.3) is 0 Å². The Labute approximate surface area is 98.7 Å². The molecule has 0 aromatic heterocycles. The lowest BCUT2D eigenvalue weighted by Gasteiger charge is -2.25. The van der Waals surface area contributed by atoms with E-state index in [2.05, 4.69) is 55.4 Å². The van der Waals surface area contributed by atoms with Gasteiger partial charge in [-0.05, 0) is 44.0 Å². The topological polar surface area (TPSA) is 15.3 Å². The minimum Gasteiger partial charge on any atom is -0.374 e. The summed E-state index contributed by atoms with van der Waals surface area (Å²) in [4.78, 5) is 2.37. The van der Waals surface area contributed by atoms with Gasteiger partial charge in [0.1, 0.15) is 0 Å². The van der Waals surface area contributed by atoms with Crippen LogP contribution in [0, 0.1) is 18.8 Å². The van der Waals surface area contributed by atoms with Crippen LogP contribution in [0.1, 0.15) is 12.5 Å². The number of hydrogen-bond donors (Lipinski definition) is 1. The molecular weight excluding hydrogens is 196 g/mol. The van der Waals surface area contributed by atoms with E-state index in [0.29, 0.717) is 0 Å². The van der Waals surface area contributed by atoms with Gasteiger partial charge in [0.25, 0.3) is 0 Å². The van der Waals surface area contributed by atoms with Gasteiger partial charge in [0, 0.05) is 19.3 Å². The molecule has 1 fully saturated rings. The van der Waals surface area contributed by atoms with E-state index in [1.165, 1.54) is 17.8 Å². The molecule has 0 bridgehead atoms. The minimum absolute atomic E-state index is 0.784. The van der Waals surface area contributed by atoms with Crippen molar-refractivity contribution in [3.63, 3.8) is 0 Å². The molecular formula is C14H22N2. The summed E-state index contributed by atoms with van der Waals surface area (Å²) in [6.45, 7) is 7.96. The third-order valence-electron chi connectivity index (χ3n) is 3.66. The van der Waals surface area contributed by atoms with Crippen molar-refractivity contribution in [2.45, 2.75) is 13.8 Å². The molecule has 0 radical (unpaired) electrons. The van der Waals surface area contributed by atoms with Gasteiger partial charge in [-0.3, -0.25) is 0 Å². The van der Waals surface area contributed by atoms with Crippen LogP contribution in [-0.4, -0.2) is 26.7 Å². The highest BCUT2D eigenvalue weighted by Crippen LogP contribution is 2.20. The standard InChI is InChI=1S/C14H22N2/c1-11-4-6-14(7-5-11)16(3)10-13-9-15-8-12(13)2/h4-7,12-13,15H,8-10H2,1-3H3. The van der Waals surface area contributed by atoms with Gasteiger partial charge >= 0.3 is 0 Å². The Morgan fingerprint density at radius 1 is 1.25 bits per heavy atom. The summed E-state index contributed by atoms with van der Waals surface area (Å²) >= 11 is 0. The third kappa shape index (κ3) is 2.56. The third-order valence-corrected chi connectivity index (χ3v) is 3.66. The quantitative estimate of drug-likeness (QED) is 0.837. The monoisotopic (exact) mass is 218 g/mol. The van der Waals surface area contributed by atoms with E-state index in [0.717, 1.165) is 24.9 Å². The van der Waals surface area contributed by atoms with E-state index in [1.807, 2.05) is 0 Å². The molecule has 0 spiro atoms. The molecule has 0 aliphatic carbocycles. The van der Waals surface area contributed by atoms with Gasteiger partial charge in [-0.1, -0.05) is 24.6 Å². The molecule has 2 heteroatoms. The van der Waals surface area contributed by atoms with Crippen LogP contribution in [0.4, 0.5) is 5.69 Å². The van der Waals surface area contributed by atoms with Crippen LogP contribution in [0.2, 0.25) is 0 Å². The highest BCUT2D eigenvalue weighted by atomic mass is 15.1. The zero-order valence-electron chi connectivity index (χ0n) is 10.5. The fourth-order valence-corrected chi connectivity index (χ4v) is 2.37. The summed E-state index contributed by atoms with van der Waals surface area (Å²) in [5, 5.41) is 3.46. The molecule has 1 saturated heterocycles. The maximum Gasteiger partial charge on any atom is 0.0363 e. The Kier molecular flexibility index (Phi) is 3.49. The molecule has 0 amide bonds. The van der Waals surface area contributed by atoms with E-state index in [4.69, 9.17) is 0 Å². The molecule has 2 atom stereocenters. The largest absolute Gasteiger partial charge is 0.374 e. The summed E-state index contributed by atoms with van der Waals surface area (Å²) in [7, 11) is 2.19. The Balaban J connectivity index is 1.97. The van der Waals surface area contributed by atoms with Gasteiger partial charge in [-0.15, -0.1) is 0 Å². The average Bonchev–Trinajstić information content (AvgIpc) is 2.65. The maximum absolute atomic E-state index is 3.46. The molecule has 1 N–H and O–H groups in total. The average molecular weight is 218 g/mol. The van der Waals surface area contributed by atoms with Crippen LogP contribution >= 0.6 is 0 Å². The molecule has 16 heavy (non-hydrogen) atoms. The maximum atomic E-state index is 3.46. The van der Waals surface area contributed by atoms with Crippen LogP contribution in [0.3, 0.4) is 0 Å². The summed E-state index contributed by atoms with van der Waals surface area (Å²) in [5.41, 5.74) is 2.65. The number of aryl methyl sites for hydroxylation is 1. The predicted molar refractivity (Wildman–Crippen MR) is 70.0 cm³/mol. The SMILES string of the molecule is Cc1ccc(N(C)CC2CNCC2C)cc1. The first-order valence-corrected chi connectivity index (χ1v) is 6.15. The van der Waals surface area contributed by atoms with E-state index in [9.17, 15) is 0 Å². The Morgan fingerprint density at radius 2 is 1.94 bits per heavy atom. The van der Waals surface area contributed by atoms with Gasteiger partial charge in [-0.25, -0.2) is 0 Å². The normalized spacial score (nSPS) is 24.7. The smallest absolute Gasteiger partial charge is 0.0363 e. The highest BCUT2D eigenvalue weighted by Gasteiger charge is 2.24. The lowest BCUT2D eigenvalue weighted by atomic mass is 9.97. The van der Waals surface area contributed by atoms with Crippen molar-refractivity contribution >= 4 is 5.69 Å². The number of benzene rings is 1.